The molecule has 1 aromatic carbocycles. The highest BCUT2D eigenvalue weighted by Crippen LogP contribution is 2.58. The Hall–Kier alpha value is -1.18. The van der Waals surface area contributed by atoms with E-state index in [1.165, 1.54) is 18.4 Å². The molecule has 1 aromatic rings. The number of aromatic hydroxyl groups is 2. The van der Waals surface area contributed by atoms with Crippen molar-refractivity contribution in [2.45, 2.75) is 52.4 Å². The van der Waals surface area contributed by atoms with E-state index in [1.54, 1.807) is 12.1 Å². The Kier molecular flexibility index (Phi) is 4.44. The Morgan fingerprint density at radius 2 is 1.82 bits per heavy atom. The third-order valence-corrected chi connectivity index (χ3v) is 3.91. The highest BCUT2D eigenvalue weighted by atomic mass is 16.3. The van der Waals surface area contributed by atoms with Crippen LogP contribution in [0.25, 0.3) is 0 Å². The molecule has 2 atom stereocenters. The predicted molar refractivity (Wildman–Crippen MR) is 71.5 cm³/mol. The second kappa shape index (κ2) is 5.44. The Bertz CT molecular complexity index is 373. The molecule has 0 unspecified atom stereocenters. The molecule has 0 aromatic heterocycles. The van der Waals surface area contributed by atoms with Gasteiger partial charge in [-0.05, 0) is 41.9 Å². The summed E-state index contributed by atoms with van der Waals surface area (Å²) in [6, 6.07) is 5.25. The van der Waals surface area contributed by atoms with Crippen LogP contribution in [0, 0.1) is 5.92 Å². The van der Waals surface area contributed by atoms with E-state index in [4.69, 9.17) is 0 Å². The molecule has 0 aliphatic heterocycles. The first kappa shape index (κ1) is 13.9. The summed E-state index contributed by atoms with van der Waals surface area (Å²) in [4.78, 5) is 0. The number of benzene rings is 1. The zero-order chi connectivity index (χ0) is 13.1. The van der Waals surface area contributed by atoms with Crippen LogP contribution in [0.4, 0.5) is 0 Å². The summed E-state index contributed by atoms with van der Waals surface area (Å²) < 4.78 is 0. The predicted octanol–water partition coefficient (Wildman–Crippen LogP) is 4.20. The summed E-state index contributed by atoms with van der Waals surface area (Å²) in [6.07, 6.45) is 3.51. The Labute approximate surface area is 104 Å². The summed E-state index contributed by atoms with van der Waals surface area (Å²) >= 11 is 0. The van der Waals surface area contributed by atoms with Gasteiger partial charge in [0.05, 0.1) is 0 Å². The number of phenolic OH excluding ortho intramolecular Hbond substituents is 2. The lowest BCUT2D eigenvalue weighted by molar-refractivity contribution is 0.401. The molecule has 1 fully saturated rings. The smallest absolute Gasteiger partial charge is 0.157 e. The van der Waals surface area contributed by atoms with Crippen molar-refractivity contribution in [2.24, 2.45) is 5.92 Å². The number of hydrogen-bond donors (Lipinski definition) is 2. The molecule has 17 heavy (non-hydrogen) atoms. The zero-order valence-corrected chi connectivity index (χ0v) is 11.3. The first-order valence-corrected chi connectivity index (χ1v) is 6.66. The lowest BCUT2D eigenvalue weighted by Gasteiger charge is -2.16. The van der Waals surface area contributed by atoms with Gasteiger partial charge < -0.3 is 10.2 Å². The van der Waals surface area contributed by atoms with E-state index in [0.717, 1.165) is 12.3 Å². The van der Waals surface area contributed by atoms with Gasteiger partial charge in [0.2, 0.25) is 0 Å². The molecule has 0 spiro atoms. The van der Waals surface area contributed by atoms with Gasteiger partial charge in [-0.3, -0.25) is 0 Å². The van der Waals surface area contributed by atoms with Gasteiger partial charge in [-0.2, -0.15) is 0 Å². The topological polar surface area (TPSA) is 40.5 Å². The van der Waals surface area contributed by atoms with Crippen molar-refractivity contribution in [3.8, 4) is 11.5 Å². The van der Waals surface area contributed by atoms with Gasteiger partial charge in [0.1, 0.15) is 0 Å². The van der Waals surface area contributed by atoms with Crippen LogP contribution in [0.2, 0.25) is 0 Å². The Morgan fingerprint density at radius 1 is 1.18 bits per heavy atom. The maximum atomic E-state index is 9.50. The Morgan fingerprint density at radius 3 is 2.24 bits per heavy atom. The van der Waals surface area contributed by atoms with E-state index in [2.05, 4.69) is 13.8 Å². The minimum Gasteiger partial charge on any atom is -0.504 e. The molecule has 96 valence electrons. The van der Waals surface area contributed by atoms with Gasteiger partial charge in [0.15, 0.2) is 11.5 Å². The van der Waals surface area contributed by atoms with Crippen molar-refractivity contribution >= 4 is 0 Å². The summed E-state index contributed by atoms with van der Waals surface area (Å²) in [6.45, 7) is 8.40. The molecule has 0 radical (unpaired) electrons. The molecule has 0 saturated heterocycles. The minimum atomic E-state index is -0.0290. The van der Waals surface area contributed by atoms with Gasteiger partial charge in [-0.25, -0.2) is 0 Å². The summed E-state index contributed by atoms with van der Waals surface area (Å²) in [5.74, 6) is 0.715. The fraction of sp³-hybridized carbons (Fsp3) is 0.600. The lowest BCUT2D eigenvalue weighted by Crippen LogP contribution is -2.08. The number of hydrogen-bond acceptors (Lipinski definition) is 2. The minimum absolute atomic E-state index is 0.00192. The van der Waals surface area contributed by atoms with Crippen molar-refractivity contribution in [2.75, 3.05) is 0 Å². The summed E-state index contributed by atoms with van der Waals surface area (Å²) in [5.41, 5.74) is 1.44. The van der Waals surface area contributed by atoms with Crippen LogP contribution >= 0.6 is 0 Å². The maximum absolute atomic E-state index is 9.50. The fourth-order valence-corrected chi connectivity index (χ4v) is 2.74. The highest BCUT2D eigenvalue weighted by Gasteiger charge is 2.52. The molecule has 1 aliphatic rings. The third kappa shape index (κ3) is 2.41. The van der Waals surface area contributed by atoms with Gasteiger partial charge in [0, 0.05) is 0 Å². The number of rotatable bonds is 3. The van der Waals surface area contributed by atoms with E-state index in [-0.39, 0.29) is 16.9 Å². The van der Waals surface area contributed by atoms with Crippen LogP contribution in [0.5, 0.6) is 11.5 Å². The zero-order valence-electron chi connectivity index (χ0n) is 11.3. The lowest BCUT2D eigenvalue weighted by atomic mass is 9.89. The van der Waals surface area contributed by atoms with E-state index in [1.807, 2.05) is 19.9 Å². The monoisotopic (exact) mass is 236 g/mol. The van der Waals surface area contributed by atoms with Crippen molar-refractivity contribution in [3.63, 3.8) is 0 Å². The van der Waals surface area contributed by atoms with Crippen LogP contribution in [0.15, 0.2) is 18.2 Å². The summed E-state index contributed by atoms with van der Waals surface area (Å²) in [7, 11) is 0. The van der Waals surface area contributed by atoms with E-state index in [0.29, 0.717) is 0 Å². The Balaban J connectivity index is 0.000000686. The second-order valence-corrected chi connectivity index (χ2v) is 4.52. The van der Waals surface area contributed by atoms with E-state index >= 15 is 0 Å². The summed E-state index contributed by atoms with van der Waals surface area (Å²) in [5, 5.41) is 18.8. The highest BCUT2D eigenvalue weighted by molar-refractivity contribution is 5.45. The van der Waals surface area contributed by atoms with Gasteiger partial charge in [-0.1, -0.05) is 40.2 Å². The molecule has 2 heteroatoms. The molecule has 2 nitrogen and oxygen atoms in total. The number of phenols is 2. The van der Waals surface area contributed by atoms with Crippen molar-refractivity contribution in [1.29, 1.82) is 0 Å². The molecule has 1 aliphatic carbocycles. The molecule has 2 N–H and O–H groups in total. The average Bonchev–Trinajstić information content (AvgIpc) is 3.10. The van der Waals surface area contributed by atoms with Gasteiger partial charge in [-0.15, -0.1) is 0 Å². The van der Waals surface area contributed by atoms with Crippen LogP contribution in [-0.4, -0.2) is 10.2 Å². The second-order valence-electron chi connectivity index (χ2n) is 4.52. The molecular weight excluding hydrogens is 212 g/mol. The average molecular weight is 236 g/mol. The normalized spacial score (nSPS) is 26.0. The van der Waals surface area contributed by atoms with E-state index < -0.39 is 0 Å². The first-order chi connectivity index (χ1) is 8.14. The SMILES string of the molecule is CC.CC[C@@H]1C[C@@]1(CC)c1ccc(O)c(O)c1. The molecule has 0 bridgehead atoms. The van der Waals surface area contributed by atoms with Crippen LogP contribution < -0.4 is 0 Å². The first-order valence-electron chi connectivity index (χ1n) is 6.66. The third-order valence-electron chi connectivity index (χ3n) is 3.91. The molecule has 1 saturated carbocycles. The molecule has 0 amide bonds. The molecule has 2 rings (SSSR count). The largest absolute Gasteiger partial charge is 0.504 e. The van der Waals surface area contributed by atoms with Crippen LogP contribution in [0.1, 0.15) is 52.5 Å². The van der Waals surface area contributed by atoms with Gasteiger partial charge in [0.25, 0.3) is 0 Å². The van der Waals surface area contributed by atoms with Crippen molar-refractivity contribution < 1.29 is 10.2 Å². The van der Waals surface area contributed by atoms with Gasteiger partial charge >= 0.3 is 0 Å². The molecule has 0 heterocycles. The maximum Gasteiger partial charge on any atom is 0.157 e. The quantitative estimate of drug-likeness (QED) is 0.772. The van der Waals surface area contributed by atoms with Crippen LogP contribution in [-0.2, 0) is 5.41 Å². The van der Waals surface area contributed by atoms with Crippen molar-refractivity contribution in [3.05, 3.63) is 23.8 Å². The van der Waals surface area contributed by atoms with Crippen molar-refractivity contribution in [1.82, 2.24) is 0 Å². The molecular formula is C15H24O2. The van der Waals surface area contributed by atoms with E-state index in [9.17, 15) is 10.2 Å². The van der Waals surface area contributed by atoms with Crippen LogP contribution in [0.3, 0.4) is 0 Å². The standard InChI is InChI=1S/C13H18O2.C2H6/c1-3-9-8-13(9,4-2)10-5-6-11(14)12(15)7-10;1-2/h5-7,9,14-15H,3-4,8H2,1-2H3;1-2H3/t9-,13-;/m1./s1. The fourth-order valence-electron chi connectivity index (χ4n) is 2.74.